The van der Waals surface area contributed by atoms with Crippen molar-refractivity contribution in [2.45, 2.75) is 25.6 Å². The molecule has 0 saturated carbocycles. The molecular formula is C11H14F3N3O2. The summed E-state index contributed by atoms with van der Waals surface area (Å²) in [4.78, 5) is 7.34. The standard InChI is InChI=1S/C11H14F3N3O2/c1-2-3-15-10-16-8(11(12,13)14)4-9(17-10)19-7-5-18-6-7/h4,7H,2-3,5-6H2,1H3,(H,15,16,17). The molecule has 0 atom stereocenters. The van der Waals surface area contributed by atoms with Gasteiger partial charge in [0.25, 0.3) is 0 Å². The van der Waals surface area contributed by atoms with E-state index in [1.165, 1.54) is 0 Å². The van der Waals surface area contributed by atoms with E-state index < -0.39 is 11.9 Å². The smallest absolute Gasteiger partial charge is 0.433 e. The molecule has 2 heterocycles. The highest BCUT2D eigenvalue weighted by Crippen LogP contribution is 2.30. The first-order valence-electron chi connectivity index (χ1n) is 5.93. The summed E-state index contributed by atoms with van der Waals surface area (Å²) in [5.74, 6) is -0.166. The molecule has 0 radical (unpaired) electrons. The van der Waals surface area contributed by atoms with Crippen molar-refractivity contribution >= 4 is 5.95 Å². The van der Waals surface area contributed by atoms with Crippen molar-refractivity contribution in [3.05, 3.63) is 11.8 Å². The van der Waals surface area contributed by atoms with Gasteiger partial charge in [0, 0.05) is 12.6 Å². The second-order valence-corrected chi connectivity index (χ2v) is 4.12. The van der Waals surface area contributed by atoms with E-state index in [4.69, 9.17) is 9.47 Å². The van der Waals surface area contributed by atoms with Crippen molar-refractivity contribution in [2.75, 3.05) is 25.1 Å². The minimum atomic E-state index is -4.53. The lowest BCUT2D eigenvalue weighted by atomic mass is 10.3. The van der Waals surface area contributed by atoms with Crippen LogP contribution >= 0.6 is 0 Å². The van der Waals surface area contributed by atoms with E-state index in [0.717, 1.165) is 12.5 Å². The van der Waals surface area contributed by atoms with Crippen LogP contribution in [0.5, 0.6) is 5.88 Å². The number of nitrogens with zero attached hydrogens (tertiary/aromatic N) is 2. The maximum absolute atomic E-state index is 12.7. The predicted molar refractivity (Wildman–Crippen MR) is 61.0 cm³/mol. The van der Waals surface area contributed by atoms with Gasteiger partial charge in [-0.15, -0.1) is 0 Å². The van der Waals surface area contributed by atoms with Crippen LogP contribution in [-0.4, -0.2) is 35.8 Å². The molecule has 0 aliphatic carbocycles. The number of aromatic nitrogens is 2. The summed E-state index contributed by atoms with van der Waals surface area (Å²) >= 11 is 0. The normalized spacial score (nSPS) is 16.0. The molecule has 8 heteroatoms. The van der Waals surface area contributed by atoms with Crippen LogP contribution in [0.2, 0.25) is 0 Å². The van der Waals surface area contributed by atoms with E-state index in [-0.39, 0.29) is 17.9 Å². The fourth-order valence-electron chi connectivity index (χ4n) is 1.40. The Balaban J connectivity index is 2.19. The summed E-state index contributed by atoms with van der Waals surface area (Å²) in [5.41, 5.74) is -1.02. The Morgan fingerprint density at radius 2 is 2.16 bits per heavy atom. The average molecular weight is 277 g/mol. The number of alkyl halides is 3. The molecule has 1 fully saturated rings. The summed E-state index contributed by atoms with van der Waals surface area (Å²) < 4.78 is 48.3. The zero-order valence-corrected chi connectivity index (χ0v) is 10.3. The highest BCUT2D eigenvalue weighted by molar-refractivity contribution is 5.32. The Kier molecular flexibility index (Phi) is 4.08. The molecule has 1 aliphatic rings. The molecule has 0 aromatic carbocycles. The van der Waals surface area contributed by atoms with Gasteiger partial charge in [0.05, 0.1) is 13.2 Å². The molecule has 1 aromatic heterocycles. The lowest BCUT2D eigenvalue weighted by Gasteiger charge is -2.26. The Morgan fingerprint density at radius 3 is 2.68 bits per heavy atom. The van der Waals surface area contributed by atoms with E-state index in [9.17, 15) is 13.2 Å². The van der Waals surface area contributed by atoms with E-state index in [1.54, 1.807) is 0 Å². The maximum Gasteiger partial charge on any atom is 0.433 e. The Morgan fingerprint density at radius 1 is 1.42 bits per heavy atom. The Labute approximate surface area is 108 Å². The molecule has 1 aromatic rings. The van der Waals surface area contributed by atoms with Crippen LogP contribution in [0.4, 0.5) is 19.1 Å². The molecule has 19 heavy (non-hydrogen) atoms. The molecule has 5 nitrogen and oxygen atoms in total. The number of ether oxygens (including phenoxy) is 2. The fourth-order valence-corrected chi connectivity index (χ4v) is 1.40. The maximum atomic E-state index is 12.7. The first-order valence-corrected chi connectivity index (χ1v) is 5.93. The highest BCUT2D eigenvalue weighted by Gasteiger charge is 2.34. The van der Waals surface area contributed by atoms with Gasteiger partial charge in [-0.25, -0.2) is 4.98 Å². The van der Waals surface area contributed by atoms with Crippen LogP contribution < -0.4 is 10.1 Å². The number of rotatable bonds is 5. The number of hydrogen-bond acceptors (Lipinski definition) is 5. The molecule has 2 rings (SSSR count). The first-order chi connectivity index (χ1) is 8.99. The molecule has 0 bridgehead atoms. The van der Waals surface area contributed by atoms with Gasteiger partial charge >= 0.3 is 6.18 Å². The molecule has 0 spiro atoms. The quantitative estimate of drug-likeness (QED) is 0.893. The SMILES string of the molecule is CCCNc1nc(OC2COC2)cc(C(F)(F)F)n1. The third-order valence-electron chi connectivity index (χ3n) is 2.42. The Bertz CT molecular complexity index is 436. The van der Waals surface area contributed by atoms with Gasteiger partial charge in [-0.3, -0.25) is 0 Å². The van der Waals surface area contributed by atoms with Crippen molar-refractivity contribution in [1.29, 1.82) is 0 Å². The molecule has 0 amide bonds. The molecule has 106 valence electrons. The summed E-state index contributed by atoms with van der Waals surface area (Å²) in [5, 5.41) is 2.72. The van der Waals surface area contributed by atoms with Gasteiger partial charge in [0.2, 0.25) is 11.8 Å². The molecular weight excluding hydrogens is 263 g/mol. The second kappa shape index (κ2) is 5.60. The van der Waals surface area contributed by atoms with Gasteiger partial charge in [-0.1, -0.05) is 6.92 Å². The van der Waals surface area contributed by atoms with Crippen LogP contribution in [0.1, 0.15) is 19.0 Å². The molecule has 1 saturated heterocycles. The van der Waals surface area contributed by atoms with Gasteiger partial charge in [-0.2, -0.15) is 18.2 Å². The lowest BCUT2D eigenvalue weighted by molar-refractivity contribution is -0.141. The zero-order valence-electron chi connectivity index (χ0n) is 10.3. The summed E-state index contributed by atoms with van der Waals surface area (Å²) in [6.07, 6.45) is -4.01. The minimum absolute atomic E-state index is 0.0769. The van der Waals surface area contributed by atoms with Crippen molar-refractivity contribution in [2.24, 2.45) is 0 Å². The highest BCUT2D eigenvalue weighted by atomic mass is 19.4. The van der Waals surface area contributed by atoms with Crippen LogP contribution in [-0.2, 0) is 10.9 Å². The van der Waals surface area contributed by atoms with E-state index in [2.05, 4.69) is 15.3 Å². The monoisotopic (exact) mass is 277 g/mol. The number of hydrogen-bond donors (Lipinski definition) is 1. The third kappa shape index (κ3) is 3.69. The largest absolute Gasteiger partial charge is 0.469 e. The minimum Gasteiger partial charge on any atom is -0.469 e. The second-order valence-electron chi connectivity index (χ2n) is 4.12. The van der Waals surface area contributed by atoms with Crippen molar-refractivity contribution in [3.8, 4) is 5.88 Å². The van der Waals surface area contributed by atoms with Crippen molar-refractivity contribution < 1.29 is 22.6 Å². The summed E-state index contributed by atoms with van der Waals surface area (Å²) in [6, 6.07) is 0.801. The number of nitrogens with one attached hydrogen (secondary N) is 1. The van der Waals surface area contributed by atoms with Crippen LogP contribution in [0.25, 0.3) is 0 Å². The van der Waals surface area contributed by atoms with Gasteiger partial charge in [0.15, 0.2) is 5.69 Å². The first kappa shape index (κ1) is 13.9. The summed E-state index contributed by atoms with van der Waals surface area (Å²) in [6.45, 7) is 3.11. The van der Waals surface area contributed by atoms with Crippen molar-refractivity contribution in [3.63, 3.8) is 0 Å². The average Bonchev–Trinajstić information content (AvgIpc) is 2.30. The van der Waals surface area contributed by atoms with E-state index in [0.29, 0.717) is 19.8 Å². The van der Waals surface area contributed by atoms with Gasteiger partial charge in [-0.05, 0) is 6.42 Å². The number of halogens is 3. The van der Waals surface area contributed by atoms with E-state index >= 15 is 0 Å². The van der Waals surface area contributed by atoms with E-state index in [1.807, 2.05) is 6.92 Å². The predicted octanol–water partition coefficient (Wildman–Crippen LogP) is 2.09. The topological polar surface area (TPSA) is 56.3 Å². The third-order valence-corrected chi connectivity index (χ3v) is 2.42. The molecule has 1 aliphatic heterocycles. The number of anilines is 1. The Hall–Kier alpha value is -1.57. The molecule has 0 unspecified atom stereocenters. The van der Waals surface area contributed by atoms with Crippen molar-refractivity contribution in [1.82, 2.24) is 9.97 Å². The van der Waals surface area contributed by atoms with Crippen LogP contribution in [0, 0.1) is 0 Å². The zero-order chi connectivity index (χ0) is 13.9. The molecule has 1 N–H and O–H groups in total. The summed E-state index contributed by atoms with van der Waals surface area (Å²) in [7, 11) is 0. The lowest BCUT2D eigenvalue weighted by Crippen LogP contribution is -2.38. The van der Waals surface area contributed by atoms with Gasteiger partial charge in [0.1, 0.15) is 6.10 Å². The van der Waals surface area contributed by atoms with Crippen LogP contribution in [0.3, 0.4) is 0 Å². The van der Waals surface area contributed by atoms with Gasteiger partial charge < -0.3 is 14.8 Å². The fraction of sp³-hybridized carbons (Fsp3) is 0.636. The van der Waals surface area contributed by atoms with Crippen LogP contribution in [0.15, 0.2) is 6.07 Å².